The van der Waals surface area contributed by atoms with Gasteiger partial charge in [-0.3, -0.25) is 4.79 Å². The van der Waals surface area contributed by atoms with E-state index in [0.29, 0.717) is 0 Å². The van der Waals surface area contributed by atoms with E-state index in [1.54, 1.807) is 6.92 Å². The predicted molar refractivity (Wildman–Crippen MR) is 63.7 cm³/mol. The maximum atomic E-state index is 12.6. The van der Waals surface area contributed by atoms with Crippen LogP contribution >= 0.6 is 27.5 Å². The van der Waals surface area contributed by atoms with Gasteiger partial charge < -0.3 is 0 Å². The van der Waals surface area contributed by atoms with Gasteiger partial charge in [0, 0.05) is 11.4 Å². The van der Waals surface area contributed by atoms with Gasteiger partial charge >= 0.3 is 6.18 Å². The Hall–Kier alpha value is -0.550. The highest BCUT2D eigenvalue weighted by Gasteiger charge is 2.33. The summed E-state index contributed by atoms with van der Waals surface area (Å²) in [5.41, 5.74) is -0.664. The van der Waals surface area contributed by atoms with Crippen LogP contribution in [0.4, 0.5) is 13.2 Å². The second kappa shape index (κ2) is 5.40. The number of rotatable bonds is 3. The van der Waals surface area contributed by atoms with Crippen LogP contribution in [0.5, 0.6) is 0 Å². The number of alkyl halides is 5. The molecule has 0 fully saturated rings. The highest BCUT2D eigenvalue weighted by Crippen LogP contribution is 2.33. The van der Waals surface area contributed by atoms with Gasteiger partial charge in [-0.05, 0) is 24.6 Å². The van der Waals surface area contributed by atoms with Crippen LogP contribution in [0.25, 0.3) is 0 Å². The number of carbonyl (C=O) groups excluding carboxylic acids is 1. The van der Waals surface area contributed by atoms with Gasteiger partial charge in [-0.15, -0.1) is 11.6 Å². The third kappa shape index (κ3) is 3.45. The Morgan fingerprint density at radius 3 is 2.47 bits per heavy atom. The van der Waals surface area contributed by atoms with E-state index in [4.69, 9.17) is 11.6 Å². The van der Waals surface area contributed by atoms with Gasteiger partial charge in [0.2, 0.25) is 0 Å². The van der Waals surface area contributed by atoms with Crippen LogP contribution in [-0.2, 0) is 12.1 Å². The maximum absolute atomic E-state index is 12.6. The zero-order chi connectivity index (χ0) is 13.2. The van der Waals surface area contributed by atoms with E-state index in [1.165, 1.54) is 12.1 Å². The molecule has 0 amide bonds. The molecule has 0 spiro atoms. The lowest BCUT2D eigenvalue weighted by Crippen LogP contribution is -2.13. The molecule has 0 heterocycles. The molecule has 0 aliphatic heterocycles. The van der Waals surface area contributed by atoms with Crippen LogP contribution in [0.1, 0.15) is 28.4 Å². The molecule has 1 atom stereocenters. The van der Waals surface area contributed by atoms with Gasteiger partial charge in [0.05, 0.1) is 10.4 Å². The first-order chi connectivity index (χ1) is 7.77. The zero-order valence-corrected chi connectivity index (χ0v) is 11.2. The molecule has 0 aromatic heterocycles. The van der Waals surface area contributed by atoms with Gasteiger partial charge in [0.25, 0.3) is 0 Å². The molecule has 1 nitrogen and oxygen atoms in total. The molecule has 1 aromatic rings. The van der Waals surface area contributed by atoms with Crippen molar-refractivity contribution in [1.29, 1.82) is 0 Å². The van der Waals surface area contributed by atoms with Crippen molar-refractivity contribution >= 4 is 33.3 Å². The largest absolute Gasteiger partial charge is 0.416 e. The summed E-state index contributed by atoms with van der Waals surface area (Å²) < 4.78 is 37.7. The smallest absolute Gasteiger partial charge is 0.293 e. The number of hydrogen-bond acceptors (Lipinski definition) is 1. The molecular formula is C11H9BrClF3O. The summed E-state index contributed by atoms with van der Waals surface area (Å²) in [6, 6.07) is 3.25. The maximum Gasteiger partial charge on any atom is 0.416 e. The summed E-state index contributed by atoms with van der Waals surface area (Å²) in [6.45, 7) is 1.61. The van der Waals surface area contributed by atoms with Crippen LogP contribution in [0.2, 0.25) is 0 Å². The first-order valence-corrected chi connectivity index (χ1v) is 6.16. The molecule has 1 rings (SSSR count). The minimum absolute atomic E-state index is 0.0850. The van der Waals surface area contributed by atoms with E-state index in [-0.39, 0.29) is 22.8 Å². The zero-order valence-electron chi connectivity index (χ0n) is 8.81. The quantitative estimate of drug-likeness (QED) is 0.593. The van der Waals surface area contributed by atoms with Gasteiger partial charge in [-0.1, -0.05) is 22.0 Å². The summed E-state index contributed by atoms with van der Waals surface area (Å²) >= 11 is 8.55. The summed E-state index contributed by atoms with van der Waals surface area (Å²) in [5.74, 6) is -0.558. The lowest BCUT2D eigenvalue weighted by atomic mass is 10.0. The molecule has 0 N–H and O–H groups in total. The lowest BCUT2D eigenvalue weighted by Gasteiger charge is -2.12. The molecule has 94 valence electrons. The minimum Gasteiger partial charge on any atom is -0.293 e. The highest BCUT2D eigenvalue weighted by molar-refractivity contribution is 9.10. The predicted octanol–water partition coefficient (Wildman–Crippen LogP) is 4.41. The molecule has 0 aliphatic carbocycles. The third-order valence-corrected chi connectivity index (χ3v) is 2.90. The van der Waals surface area contributed by atoms with Crippen molar-refractivity contribution in [3.05, 3.63) is 34.9 Å². The van der Waals surface area contributed by atoms with E-state index < -0.39 is 16.6 Å². The standard InChI is InChI=1S/C11H9BrClF3O/c1-6(12)10(17)7-2-3-9(11(14,15)16)8(4-7)5-13/h2-4,6H,5H2,1H3. The number of hydrogen-bond donors (Lipinski definition) is 0. The molecule has 0 bridgehead atoms. The van der Waals surface area contributed by atoms with Crippen LogP contribution in [0, 0.1) is 0 Å². The summed E-state index contributed by atoms with van der Waals surface area (Å²) in [5, 5.41) is 0. The fourth-order valence-corrected chi connectivity index (χ4v) is 1.85. The molecular weight excluding hydrogens is 320 g/mol. The Labute approximate surface area is 110 Å². The van der Waals surface area contributed by atoms with Crippen LogP contribution in [-0.4, -0.2) is 10.6 Å². The molecule has 1 aromatic carbocycles. The molecule has 6 heteroatoms. The van der Waals surface area contributed by atoms with Gasteiger partial charge in [0.15, 0.2) is 5.78 Å². The molecule has 1 unspecified atom stereocenters. The second-order valence-electron chi connectivity index (χ2n) is 3.48. The lowest BCUT2D eigenvalue weighted by molar-refractivity contribution is -0.138. The van der Waals surface area contributed by atoms with E-state index in [0.717, 1.165) is 6.07 Å². The number of ketones is 1. The fraction of sp³-hybridized carbons (Fsp3) is 0.364. The highest BCUT2D eigenvalue weighted by atomic mass is 79.9. The Morgan fingerprint density at radius 1 is 1.47 bits per heavy atom. The van der Waals surface area contributed by atoms with Crippen LogP contribution < -0.4 is 0 Å². The number of benzene rings is 1. The minimum atomic E-state index is -4.45. The topological polar surface area (TPSA) is 17.1 Å². The van der Waals surface area contributed by atoms with Crippen molar-refractivity contribution in [3.8, 4) is 0 Å². The van der Waals surface area contributed by atoms with Crippen LogP contribution in [0.3, 0.4) is 0 Å². The summed E-state index contributed by atoms with van der Waals surface area (Å²) in [4.78, 5) is 11.2. The molecule has 0 saturated carbocycles. The molecule has 0 saturated heterocycles. The first kappa shape index (κ1) is 14.5. The number of halogens is 5. The Kier molecular flexibility index (Phi) is 4.61. The first-order valence-electron chi connectivity index (χ1n) is 4.71. The Balaban J connectivity index is 3.23. The van der Waals surface area contributed by atoms with Crippen molar-refractivity contribution in [2.75, 3.05) is 0 Å². The average molecular weight is 330 g/mol. The molecule has 0 radical (unpaired) electrons. The van der Waals surface area contributed by atoms with Crippen molar-refractivity contribution in [1.82, 2.24) is 0 Å². The average Bonchev–Trinajstić information content (AvgIpc) is 2.25. The molecule has 17 heavy (non-hydrogen) atoms. The molecule has 0 aliphatic rings. The number of carbonyl (C=O) groups is 1. The van der Waals surface area contributed by atoms with E-state index in [2.05, 4.69) is 15.9 Å². The van der Waals surface area contributed by atoms with Crippen molar-refractivity contribution < 1.29 is 18.0 Å². The Bertz CT molecular complexity index is 429. The summed E-state index contributed by atoms with van der Waals surface area (Å²) in [6.07, 6.45) is -4.45. The fourth-order valence-electron chi connectivity index (χ4n) is 1.36. The van der Waals surface area contributed by atoms with Gasteiger partial charge in [-0.25, -0.2) is 0 Å². The SMILES string of the molecule is CC(Br)C(=O)c1ccc(C(F)(F)F)c(CCl)c1. The second-order valence-corrected chi connectivity index (χ2v) is 5.12. The van der Waals surface area contributed by atoms with Crippen molar-refractivity contribution in [2.24, 2.45) is 0 Å². The number of Topliss-reactive ketones (excluding diaryl/α,β-unsaturated/α-hetero) is 1. The van der Waals surface area contributed by atoms with Crippen molar-refractivity contribution in [3.63, 3.8) is 0 Å². The normalized spacial score (nSPS) is 13.5. The van der Waals surface area contributed by atoms with E-state index in [9.17, 15) is 18.0 Å². The van der Waals surface area contributed by atoms with E-state index >= 15 is 0 Å². The van der Waals surface area contributed by atoms with Crippen LogP contribution in [0.15, 0.2) is 18.2 Å². The van der Waals surface area contributed by atoms with E-state index in [1.807, 2.05) is 0 Å². The Morgan fingerprint density at radius 2 is 2.06 bits per heavy atom. The summed E-state index contributed by atoms with van der Waals surface area (Å²) in [7, 11) is 0. The third-order valence-electron chi connectivity index (χ3n) is 2.20. The van der Waals surface area contributed by atoms with Crippen molar-refractivity contribution in [2.45, 2.75) is 23.8 Å². The monoisotopic (exact) mass is 328 g/mol. The van der Waals surface area contributed by atoms with Gasteiger partial charge in [0.1, 0.15) is 0 Å². The van der Waals surface area contributed by atoms with Gasteiger partial charge in [-0.2, -0.15) is 13.2 Å².